The summed E-state index contributed by atoms with van der Waals surface area (Å²) in [7, 11) is 1.69. The van der Waals surface area contributed by atoms with Gasteiger partial charge in [0.15, 0.2) is 0 Å². The van der Waals surface area contributed by atoms with Crippen molar-refractivity contribution in [3.63, 3.8) is 0 Å². The van der Waals surface area contributed by atoms with Gasteiger partial charge >= 0.3 is 5.97 Å². The first-order chi connectivity index (χ1) is 25.1. The molecule has 3 aliphatic heterocycles. The van der Waals surface area contributed by atoms with E-state index >= 15 is 0 Å². The van der Waals surface area contributed by atoms with E-state index in [-0.39, 0.29) is 31.4 Å². The maximum Gasteiger partial charge on any atom is 0.313 e. The van der Waals surface area contributed by atoms with Crippen LogP contribution in [0.4, 0.5) is 5.69 Å². The molecule has 274 valence electrons. The van der Waals surface area contributed by atoms with Crippen LogP contribution in [0.5, 0.6) is 0 Å². The van der Waals surface area contributed by atoms with Crippen molar-refractivity contribution in [1.82, 2.24) is 9.80 Å². The van der Waals surface area contributed by atoms with E-state index in [1.54, 1.807) is 29.0 Å². The van der Waals surface area contributed by atoms with E-state index in [1.165, 1.54) is 4.90 Å². The van der Waals surface area contributed by atoms with Crippen LogP contribution >= 0.6 is 0 Å². The number of likely N-dealkylation sites (N-methyl/N-ethyl adjacent to an activating group) is 1. The standard InChI is InChI=1S/C42H49N3O7/c1-6-9-19-34(47)43(5)27(4)37(29-16-11-10-12-17-29)51-41(50)35-33-22-23-42(52-33)36(35)39(48)45(31(8-3)26-46)38(42)40(49)44(24-7-2)32-21-20-28-15-13-14-18-30(28)25-32/h6-7,10-18,20-21,25,27,31,33,35-38,46H,1-2,8-9,19,22-24,26H2,3-5H3/t27-,31-,33+,35-,36-,37+,38+,42-/m0/s1. The normalized spacial score (nSPS) is 24.9. The van der Waals surface area contributed by atoms with Crippen LogP contribution in [0.2, 0.25) is 0 Å². The lowest BCUT2D eigenvalue weighted by Gasteiger charge is -2.39. The molecule has 3 saturated heterocycles. The minimum absolute atomic E-state index is 0.111. The average Bonchev–Trinajstić information content (AvgIpc) is 3.82. The highest BCUT2D eigenvalue weighted by atomic mass is 16.6. The van der Waals surface area contributed by atoms with E-state index < -0.39 is 59.6 Å². The Morgan fingerprint density at radius 1 is 1.06 bits per heavy atom. The molecule has 3 amide bonds. The second-order valence-electron chi connectivity index (χ2n) is 14.2. The number of aliphatic hydroxyl groups excluding tert-OH is 1. The first kappa shape index (κ1) is 37.0. The Labute approximate surface area is 305 Å². The quantitative estimate of drug-likeness (QED) is 0.162. The topological polar surface area (TPSA) is 117 Å². The summed E-state index contributed by atoms with van der Waals surface area (Å²) in [5.41, 5.74) is 0.0507. The third-order valence-electron chi connectivity index (χ3n) is 11.3. The van der Waals surface area contributed by atoms with E-state index in [0.717, 1.165) is 10.8 Å². The van der Waals surface area contributed by atoms with Gasteiger partial charge in [0, 0.05) is 25.7 Å². The van der Waals surface area contributed by atoms with Gasteiger partial charge in [0.05, 0.1) is 36.6 Å². The summed E-state index contributed by atoms with van der Waals surface area (Å²) in [6, 6.07) is 20.6. The molecule has 0 aliphatic carbocycles. The van der Waals surface area contributed by atoms with Crippen LogP contribution < -0.4 is 4.90 Å². The summed E-state index contributed by atoms with van der Waals surface area (Å²) >= 11 is 0. The number of esters is 1. The first-order valence-corrected chi connectivity index (χ1v) is 18.3. The van der Waals surface area contributed by atoms with Crippen molar-refractivity contribution in [2.45, 2.75) is 81.9 Å². The van der Waals surface area contributed by atoms with Crippen molar-refractivity contribution in [3.05, 3.63) is 104 Å². The fraction of sp³-hybridized carbons (Fsp3) is 0.429. The lowest BCUT2D eigenvalue weighted by molar-refractivity contribution is -0.165. The third kappa shape index (κ3) is 6.43. The molecule has 52 heavy (non-hydrogen) atoms. The van der Waals surface area contributed by atoms with Crippen LogP contribution in [0.15, 0.2) is 98.1 Å². The molecular weight excluding hydrogens is 658 g/mol. The highest BCUT2D eigenvalue weighted by Gasteiger charge is 2.75. The number of benzene rings is 3. The van der Waals surface area contributed by atoms with Gasteiger partial charge in [-0.15, -0.1) is 13.2 Å². The lowest BCUT2D eigenvalue weighted by atomic mass is 9.70. The molecule has 3 aromatic carbocycles. The SMILES string of the molecule is C=CCCC(=O)N(C)[C@@H](C)[C@@H](OC(=O)[C@@H]1[C@H]2C(=O)N([C@@H](CC)CO)[C@H](C(=O)N(CC=C)c3ccc4ccccc4c3)[C@]23CC[C@H]1O3)c1ccccc1. The van der Waals surface area contributed by atoms with Gasteiger partial charge in [-0.2, -0.15) is 0 Å². The molecule has 1 spiro atoms. The molecule has 10 nitrogen and oxygen atoms in total. The molecule has 0 saturated carbocycles. The molecule has 0 unspecified atom stereocenters. The summed E-state index contributed by atoms with van der Waals surface area (Å²) < 4.78 is 13.1. The van der Waals surface area contributed by atoms with E-state index in [4.69, 9.17) is 9.47 Å². The molecule has 6 rings (SSSR count). The summed E-state index contributed by atoms with van der Waals surface area (Å²) in [5.74, 6) is -3.45. The van der Waals surface area contributed by atoms with Crippen LogP contribution in [0.1, 0.15) is 57.6 Å². The largest absolute Gasteiger partial charge is 0.455 e. The van der Waals surface area contributed by atoms with Crippen molar-refractivity contribution in [2.75, 3.05) is 25.1 Å². The van der Waals surface area contributed by atoms with Crippen LogP contribution in [-0.4, -0.2) is 88.6 Å². The first-order valence-electron chi connectivity index (χ1n) is 18.3. The van der Waals surface area contributed by atoms with Crippen LogP contribution in [-0.2, 0) is 28.7 Å². The number of hydrogen-bond donors (Lipinski definition) is 1. The van der Waals surface area contributed by atoms with Crippen molar-refractivity contribution >= 4 is 40.2 Å². The smallest absolute Gasteiger partial charge is 0.313 e. The predicted octanol–water partition coefficient (Wildman–Crippen LogP) is 5.60. The molecule has 10 heteroatoms. The monoisotopic (exact) mass is 707 g/mol. The summed E-state index contributed by atoms with van der Waals surface area (Å²) in [5, 5.41) is 12.5. The second-order valence-corrected chi connectivity index (χ2v) is 14.2. The zero-order chi connectivity index (χ0) is 37.2. The number of nitrogens with zero attached hydrogens (tertiary/aromatic N) is 3. The number of amides is 3. The molecule has 0 aromatic heterocycles. The van der Waals surface area contributed by atoms with E-state index in [1.807, 2.05) is 86.6 Å². The van der Waals surface area contributed by atoms with Gasteiger partial charge in [0.25, 0.3) is 5.91 Å². The number of likely N-dealkylation sites (tertiary alicyclic amines) is 1. The van der Waals surface area contributed by atoms with Gasteiger partial charge < -0.3 is 29.3 Å². The second kappa shape index (κ2) is 15.4. The number of anilines is 1. The van der Waals surface area contributed by atoms with E-state index in [0.29, 0.717) is 36.9 Å². The van der Waals surface area contributed by atoms with E-state index in [9.17, 15) is 24.3 Å². The van der Waals surface area contributed by atoms with Gasteiger partial charge in [0.2, 0.25) is 11.8 Å². The van der Waals surface area contributed by atoms with Crippen molar-refractivity contribution in [1.29, 1.82) is 0 Å². The van der Waals surface area contributed by atoms with Gasteiger partial charge in [-0.1, -0.05) is 79.7 Å². The number of ether oxygens (including phenoxy) is 2. The molecule has 0 radical (unpaired) electrons. The Hall–Kier alpha value is -4.80. The molecule has 2 bridgehead atoms. The Bertz CT molecular complexity index is 1830. The minimum Gasteiger partial charge on any atom is -0.455 e. The highest BCUT2D eigenvalue weighted by molar-refractivity contribution is 6.05. The number of fused-ring (bicyclic) bond motifs is 2. The van der Waals surface area contributed by atoms with Crippen LogP contribution in [0.25, 0.3) is 10.8 Å². The zero-order valence-corrected chi connectivity index (χ0v) is 30.2. The Kier molecular flexibility index (Phi) is 11.0. The van der Waals surface area contributed by atoms with Crippen molar-refractivity contribution in [3.8, 4) is 0 Å². The Morgan fingerprint density at radius 3 is 2.44 bits per heavy atom. The van der Waals surface area contributed by atoms with Gasteiger partial charge in [0.1, 0.15) is 17.7 Å². The summed E-state index contributed by atoms with van der Waals surface area (Å²) in [4.78, 5) is 61.9. The molecule has 3 aliphatic rings. The fourth-order valence-corrected chi connectivity index (χ4v) is 8.51. The number of carbonyl (C=O) groups is 4. The predicted molar refractivity (Wildman–Crippen MR) is 199 cm³/mol. The molecule has 3 heterocycles. The maximum absolute atomic E-state index is 15.0. The number of allylic oxidation sites excluding steroid dienone is 1. The number of aliphatic hydroxyl groups is 1. The van der Waals surface area contributed by atoms with Crippen LogP contribution in [0.3, 0.4) is 0 Å². The number of hydrogen-bond acceptors (Lipinski definition) is 7. The summed E-state index contributed by atoms with van der Waals surface area (Å²) in [6.07, 6.45) is 3.90. The Balaban J connectivity index is 1.36. The minimum atomic E-state index is -1.30. The van der Waals surface area contributed by atoms with Crippen molar-refractivity contribution in [2.24, 2.45) is 11.8 Å². The molecule has 8 atom stereocenters. The molecular formula is C42H49N3O7. The molecule has 3 fully saturated rings. The molecule has 1 N–H and O–H groups in total. The van der Waals surface area contributed by atoms with Gasteiger partial charge in [-0.05, 0) is 61.1 Å². The summed E-state index contributed by atoms with van der Waals surface area (Å²) in [6.45, 7) is 11.1. The van der Waals surface area contributed by atoms with Crippen molar-refractivity contribution < 1.29 is 33.8 Å². The van der Waals surface area contributed by atoms with Gasteiger partial charge in [-0.25, -0.2) is 0 Å². The third-order valence-corrected chi connectivity index (χ3v) is 11.3. The van der Waals surface area contributed by atoms with Gasteiger partial charge in [-0.3, -0.25) is 19.2 Å². The maximum atomic E-state index is 15.0. The van der Waals surface area contributed by atoms with E-state index in [2.05, 4.69) is 13.2 Å². The number of rotatable bonds is 15. The fourth-order valence-electron chi connectivity index (χ4n) is 8.51. The highest BCUT2D eigenvalue weighted by Crippen LogP contribution is 2.59. The number of carbonyl (C=O) groups excluding carboxylic acids is 4. The Morgan fingerprint density at radius 2 is 1.77 bits per heavy atom. The zero-order valence-electron chi connectivity index (χ0n) is 30.2. The lowest BCUT2D eigenvalue weighted by Crippen LogP contribution is -2.59. The van der Waals surface area contributed by atoms with Crippen LogP contribution in [0, 0.1) is 11.8 Å². The molecule has 3 aromatic rings. The average molecular weight is 708 g/mol.